The maximum absolute atomic E-state index is 13.5. The van der Waals surface area contributed by atoms with Gasteiger partial charge in [0.2, 0.25) is 0 Å². The number of carbonyl (C=O) groups is 1. The number of H-pyrrole nitrogens is 1. The predicted octanol–water partition coefficient (Wildman–Crippen LogP) is 4.29. The Morgan fingerprint density at radius 1 is 1.09 bits per heavy atom. The Labute approximate surface area is 190 Å². The summed E-state index contributed by atoms with van der Waals surface area (Å²) in [5.41, 5.74) is 2.65. The molecule has 33 heavy (non-hydrogen) atoms. The lowest BCUT2D eigenvalue weighted by molar-refractivity contribution is 0.102. The first-order valence-electron chi connectivity index (χ1n) is 11.2. The molecule has 0 unspecified atom stereocenters. The number of pyridine rings is 1. The molecule has 2 heterocycles. The SMILES string of the molecule is CCCn1c(=O)[nH]c(=O)c2c(C(=O)Nc3ccccc3-c3ccccc3)cc(C3CC3)nc21. The highest BCUT2D eigenvalue weighted by Crippen LogP contribution is 2.40. The molecule has 0 aliphatic heterocycles. The zero-order chi connectivity index (χ0) is 22.9. The standard InChI is InChI=1S/C26H24N4O3/c1-2-14-30-23-22(25(32)29-26(30)33)19(15-21(27-23)17-12-13-17)24(31)28-20-11-7-6-10-18(20)16-8-4-3-5-9-16/h3-11,15,17H,2,12-14H2,1H3,(H,28,31)(H,29,32,33). The first-order chi connectivity index (χ1) is 16.1. The molecule has 2 aromatic heterocycles. The Balaban J connectivity index is 1.65. The molecule has 0 bridgehead atoms. The van der Waals surface area contributed by atoms with Crippen LogP contribution in [-0.2, 0) is 6.54 Å². The van der Waals surface area contributed by atoms with Crippen LogP contribution in [-0.4, -0.2) is 20.4 Å². The molecular weight excluding hydrogens is 416 g/mol. The molecule has 1 fully saturated rings. The summed E-state index contributed by atoms with van der Waals surface area (Å²) in [5, 5.41) is 3.13. The van der Waals surface area contributed by atoms with Gasteiger partial charge in [0.1, 0.15) is 0 Å². The van der Waals surface area contributed by atoms with Crippen molar-refractivity contribution < 1.29 is 4.79 Å². The first kappa shape index (κ1) is 20.9. The van der Waals surface area contributed by atoms with E-state index in [0.717, 1.165) is 29.7 Å². The van der Waals surface area contributed by atoms with Gasteiger partial charge in [0.25, 0.3) is 11.5 Å². The third-order valence-corrected chi connectivity index (χ3v) is 5.92. The number of rotatable bonds is 6. The normalized spacial score (nSPS) is 13.2. The highest BCUT2D eigenvalue weighted by molar-refractivity contribution is 6.13. The highest BCUT2D eigenvalue weighted by atomic mass is 16.2. The van der Waals surface area contributed by atoms with Crippen molar-refractivity contribution in [2.75, 3.05) is 5.32 Å². The molecule has 0 spiro atoms. The molecule has 7 heteroatoms. The van der Waals surface area contributed by atoms with E-state index in [0.29, 0.717) is 18.7 Å². The number of carbonyl (C=O) groups excluding carboxylic acids is 1. The fourth-order valence-electron chi connectivity index (χ4n) is 4.14. The van der Waals surface area contributed by atoms with Crippen LogP contribution < -0.4 is 16.6 Å². The zero-order valence-corrected chi connectivity index (χ0v) is 18.3. The van der Waals surface area contributed by atoms with Crippen molar-refractivity contribution in [2.24, 2.45) is 0 Å². The van der Waals surface area contributed by atoms with Crippen molar-refractivity contribution in [2.45, 2.75) is 38.6 Å². The quantitative estimate of drug-likeness (QED) is 0.467. The number of nitrogens with one attached hydrogen (secondary N) is 2. The van der Waals surface area contributed by atoms with E-state index in [1.165, 1.54) is 4.57 Å². The summed E-state index contributed by atoms with van der Waals surface area (Å²) in [4.78, 5) is 45.9. The molecule has 2 N–H and O–H groups in total. The van der Waals surface area contributed by atoms with Crippen LogP contribution >= 0.6 is 0 Å². The van der Waals surface area contributed by atoms with Crippen LogP contribution in [0.15, 0.2) is 70.3 Å². The first-order valence-corrected chi connectivity index (χ1v) is 11.2. The maximum Gasteiger partial charge on any atom is 0.329 e. The number of aromatic nitrogens is 3. The Morgan fingerprint density at radius 3 is 2.55 bits per heavy atom. The van der Waals surface area contributed by atoms with Gasteiger partial charge < -0.3 is 5.32 Å². The van der Waals surface area contributed by atoms with Gasteiger partial charge in [-0.15, -0.1) is 0 Å². The second kappa shape index (κ2) is 8.50. The van der Waals surface area contributed by atoms with E-state index in [1.807, 2.05) is 61.5 Å². The van der Waals surface area contributed by atoms with Crippen LogP contribution in [0.25, 0.3) is 22.2 Å². The van der Waals surface area contributed by atoms with Crippen LogP contribution in [0, 0.1) is 0 Å². The minimum atomic E-state index is -0.598. The van der Waals surface area contributed by atoms with Crippen LogP contribution in [0.2, 0.25) is 0 Å². The molecule has 7 nitrogen and oxygen atoms in total. The fraction of sp³-hybridized carbons (Fsp3) is 0.231. The van der Waals surface area contributed by atoms with Crippen LogP contribution in [0.4, 0.5) is 5.69 Å². The summed E-state index contributed by atoms with van der Waals surface area (Å²) in [6.07, 6.45) is 2.66. The van der Waals surface area contributed by atoms with Crippen LogP contribution in [0.1, 0.15) is 48.2 Å². The molecule has 1 amide bonds. The van der Waals surface area contributed by atoms with Gasteiger partial charge in [-0.1, -0.05) is 55.5 Å². The Morgan fingerprint density at radius 2 is 1.82 bits per heavy atom. The van der Waals surface area contributed by atoms with Crippen LogP contribution in [0.3, 0.4) is 0 Å². The van der Waals surface area contributed by atoms with E-state index in [-0.39, 0.29) is 22.5 Å². The Hall–Kier alpha value is -4.00. The summed E-state index contributed by atoms with van der Waals surface area (Å²) < 4.78 is 1.46. The second-order valence-electron chi connectivity index (χ2n) is 8.34. The monoisotopic (exact) mass is 440 g/mol. The lowest BCUT2D eigenvalue weighted by Crippen LogP contribution is -2.32. The van der Waals surface area contributed by atoms with Gasteiger partial charge >= 0.3 is 5.69 Å². The predicted molar refractivity (Wildman–Crippen MR) is 129 cm³/mol. The average Bonchev–Trinajstić information content (AvgIpc) is 3.67. The minimum Gasteiger partial charge on any atom is -0.321 e. The van der Waals surface area contributed by atoms with E-state index < -0.39 is 17.2 Å². The van der Waals surface area contributed by atoms with Gasteiger partial charge in [0, 0.05) is 29.4 Å². The molecule has 1 saturated carbocycles. The minimum absolute atomic E-state index is 0.141. The Kier molecular flexibility index (Phi) is 5.38. The van der Waals surface area contributed by atoms with Gasteiger partial charge in [-0.05, 0) is 37.0 Å². The summed E-state index contributed by atoms with van der Waals surface area (Å²) in [6, 6.07) is 19.0. The maximum atomic E-state index is 13.5. The largest absolute Gasteiger partial charge is 0.329 e. The molecule has 1 aliphatic rings. The van der Waals surface area contributed by atoms with Crippen molar-refractivity contribution in [3.8, 4) is 11.1 Å². The summed E-state index contributed by atoms with van der Waals surface area (Å²) in [7, 11) is 0. The highest BCUT2D eigenvalue weighted by Gasteiger charge is 2.29. The molecule has 0 atom stereocenters. The third kappa shape index (κ3) is 3.98. The molecule has 4 aromatic rings. The van der Waals surface area contributed by atoms with E-state index in [2.05, 4.69) is 15.3 Å². The molecule has 0 saturated heterocycles. The summed E-state index contributed by atoms with van der Waals surface area (Å²) in [5.74, 6) is -0.151. The fourth-order valence-corrected chi connectivity index (χ4v) is 4.14. The van der Waals surface area contributed by atoms with Crippen molar-refractivity contribution in [3.63, 3.8) is 0 Å². The lowest BCUT2D eigenvalue weighted by atomic mass is 10.0. The third-order valence-electron chi connectivity index (χ3n) is 5.92. The van der Waals surface area contributed by atoms with E-state index in [9.17, 15) is 14.4 Å². The number of benzene rings is 2. The number of fused-ring (bicyclic) bond motifs is 1. The lowest BCUT2D eigenvalue weighted by Gasteiger charge is -2.15. The second-order valence-corrected chi connectivity index (χ2v) is 8.34. The summed E-state index contributed by atoms with van der Waals surface area (Å²) in [6.45, 7) is 2.35. The smallest absolute Gasteiger partial charge is 0.321 e. The van der Waals surface area contributed by atoms with Crippen molar-refractivity contribution in [1.82, 2.24) is 14.5 Å². The Bertz CT molecular complexity index is 1470. The van der Waals surface area contributed by atoms with Gasteiger partial charge in [-0.3, -0.25) is 19.1 Å². The number of anilines is 1. The van der Waals surface area contributed by atoms with Gasteiger partial charge in [0.15, 0.2) is 5.65 Å². The topological polar surface area (TPSA) is 96.9 Å². The number of amides is 1. The summed E-state index contributed by atoms with van der Waals surface area (Å²) >= 11 is 0. The van der Waals surface area contributed by atoms with Crippen molar-refractivity contribution in [1.29, 1.82) is 0 Å². The molecule has 1 aliphatic carbocycles. The molecule has 0 radical (unpaired) electrons. The van der Waals surface area contributed by atoms with E-state index in [1.54, 1.807) is 6.07 Å². The molecular formula is C26H24N4O3. The molecule has 5 rings (SSSR count). The van der Waals surface area contributed by atoms with Gasteiger partial charge in [0.05, 0.1) is 10.9 Å². The van der Waals surface area contributed by atoms with Gasteiger partial charge in [-0.25, -0.2) is 9.78 Å². The molecule has 2 aromatic carbocycles. The van der Waals surface area contributed by atoms with Gasteiger partial charge in [-0.2, -0.15) is 0 Å². The van der Waals surface area contributed by atoms with Crippen molar-refractivity contribution in [3.05, 3.63) is 92.8 Å². The zero-order valence-electron chi connectivity index (χ0n) is 18.3. The van der Waals surface area contributed by atoms with E-state index >= 15 is 0 Å². The van der Waals surface area contributed by atoms with E-state index in [4.69, 9.17) is 0 Å². The molecule has 166 valence electrons. The average molecular weight is 441 g/mol. The number of hydrogen-bond donors (Lipinski definition) is 2. The van der Waals surface area contributed by atoms with Crippen LogP contribution in [0.5, 0.6) is 0 Å². The number of aromatic amines is 1. The number of aryl methyl sites for hydroxylation is 1. The van der Waals surface area contributed by atoms with Crippen molar-refractivity contribution >= 4 is 22.6 Å². The number of nitrogens with zero attached hydrogens (tertiary/aromatic N) is 2. The number of para-hydroxylation sites is 1. The number of hydrogen-bond acceptors (Lipinski definition) is 4.